The second kappa shape index (κ2) is 5.93. The van der Waals surface area contributed by atoms with Gasteiger partial charge in [-0.15, -0.1) is 0 Å². The number of halogens is 2. The van der Waals surface area contributed by atoms with Crippen molar-refractivity contribution in [1.29, 1.82) is 0 Å². The van der Waals surface area contributed by atoms with E-state index in [2.05, 4.69) is 10.4 Å². The van der Waals surface area contributed by atoms with Crippen LogP contribution in [0.1, 0.15) is 24.2 Å². The van der Waals surface area contributed by atoms with Gasteiger partial charge in [-0.3, -0.25) is 4.68 Å². The Morgan fingerprint density at radius 2 is 1.95 bits per heavy atom. The molecule has 1 atom stereocenters. The van der Waals surface area contributed by atoms with E-state index in [4.69, 9.17) is 0 Å². The van der Waals surface area contributed by atoms with Gasteiger partial charge in [-0.2, -0.15) is 5.10 Å². The quantitative estimate of drug-likeness (QED) is 0.900. The van der Waals surface area contributed by atoms with Crippen LogP contribution in [0, 0.1) is 11.6 Å². The van der Waals surface area contributed by atoms with E-state index < -0.39 is 11.6 Å². The van der Waals surface area contributed by atoms with E-state index in [-0.39, 0.29) is 18.0 Å². The molecule has 1 aromatic heterocycles. The van der Waals surface area contributed by atoms with Gasteiger partial charge in [0.05, 0.1) is 11.7 Å². The molecule has 0 fully saturated rings. The molecule has 1 N–H and O–H groups in total. The van der Waals surface area contributed by atoms with Crippen LogP contribution in [0.15, 0.2) is 30.5 Å². The van der Waals surface area contributed by atoms with Gasteiger partial charge in [-0.05, 0) is 31.2 Å². The minimum absolute atomic E-state index is 0.106. The predicted octanol–water partition coefficient (Wildman–Crippen LogP) is 2.59. The first kappa shape index (κ1) is 13.7. The van der Waals surface area contributed by atoms with Gasteiger partial charge in [0.25, 0.3) is 0 Å². The topological polar surface area (TPSA) is 29.9 Å². The van der Waals surface area contributed by atoms with E-state index >= 15 is 0 Å². The Morgan fingerprint density at radius 3 is 2.47 bits per heavy atom. The average Bonchev–Trinajstić information content (AvgIpc) is 2.79. The molecule has 0 saturated carbocycles. The minimum atomic E-state index is -0.509. The maximum atomic E-state index is 13.7. The third kappa shape index (κ3) is 2.98. The second-order valence-corrected chi connectivity index (χ2v) is 4.39. The highest BCUT2D eigenvalue weighted by Gasteiger charge is 2.18. The summed E-state index contributed by atoms with van der Waals surface area (Å²) in [6.45, 7) is 2.67. The van der Waals surface area contributed by atoms with Crippen LogP contribution < -0.4 is 5.32 Å². The van der Waals surface area contributed by atoms with E-state index in [0.717, 1.165) is 5.69 Å². The van der Waals surface area contributed by atoms with Gasteiger partial charge in [-0.1, -0.05) is 13.0 Å². The predicted molar refractivity (Wildman–Crippen MR) is 69.7 cm³/mol. The van der Waals surface area contributed by atoms with Gasteiger partial charge in [0.15, 0.2) is 0 Å². The summed E-state index contributed by atoms with van der Waals surface area (Å²) in [6.07, 6.45) is 1.93. The summed E-state index contributed by atoms with van der Waals surface area (Å²) in [4.78, 5) is 0. The molecule has 0 saturated heterocycles. The fourth-order valence-electron chi connectivity index (χ4n) is 2.19. The van der Waals surface area contributed by atoms with Crippen LogP contribution in [0.3, 0.4) is 0 Å². The lowest BCUT2D eigenvalue weighted by Crippen LogP contribution is -2.25. The molecule has 19 heavy (non-hydrogen) atoms. The molecule has 2 rings (SSSR count). The summed E-state index contributed by atoms with van der Waals surface area (Å²) >= 11 is 0. The number of hydrogen-bond donors (Lipinski definition) is 1. The summed E-state index contributed by atoms with van der Waals surface area (Å²) in [5.41, 5.74) is 1.01. The Hall–Kier alpha value is -1.75. The fourth-order valence-corrected chi connectivity index (χ4v) is 2.19. The Bertz CT molecular complexity index is 531. The van der Waals surface area contributed by atoms with Crippen molar-refractivity contribution < 1.29 is 8.78 Å². The standard InChI is InChI=1S/C14H17F2N3/c1-3-17-13(14-7-8-18-19(14)2)9-10-11(15)5-4-6-12(10)16/h4-8,13,17H,3,9H2,1-2H3. The zero-order valence-corrected chi connectivity index (χ0v) is 11.0. The number of benzene rings is 1. The number of nitrogens with one attached hydrogen (secondary N) is 1. The van der Waals surface area contributed by atoms with Crippen molar-refractivity contribution in [1.82, 2.24) is 15.1 Å². The first-order valence-electron chi connectivity index (χ1n) is 6.27. The number of likely N-dealkylation sites (N-methyl/N-ethyl adjacent to an activating group) is 1. The van der Waals surface area contributed by atoms with E-state index in [9.17, 15) is 8.78 Å². The van der Waals surface area contributed by atoms with Crippen molar-refractivity contribution in [3.05, 3.63) is 53.4 Å². The number of aryl methyl sites for hydroxylation is 1. The highest BCUT2D eigenvalue weighted by Crippen LogP contribution is 2.21. The van der Waals surface area contributed by atoms with Crippen LogP contribution in [0.2, 0.25) is 0 Å². The lowest BCUT2D eigenvalue weighted by Gasteiger charge is -2.19. The highest BCUT2D eigenvalue weighted by molar-refractivity contribution is 5.23. The third-order valence-electron chi connectivity index (χ3n) is 3.14. The number of hydrogen-bond acceptors (Lipinski definition) is 2. The van der Waals surface area contributed by atoms with Crippen LogP contribution in [-0.2, 0) is 13.5 Å². The molecule has 0 bridgehead atoms. The fraction of sp³-hybridized carbons (Fsp3) is 0.357. The van der Waals surface area contributed by atoms with Gasteiger partial charge in [-0.25, -0.2) is 8.78 Å². The van der Waals surface area contributed by atoms with E-state index in [0.29, 0.717) is 6.54 Å². The molecule has 0 amide bonds. The largest absolute Gasteiger partial charge is 0.309 e. The first-order valence-corrected chi connectivity index (χ1v) is 6.27. The van der Waals surface area contributed by atoms with Crippen molar-refractivity contribution in [3.8, 4) is 0 Å². The van der Waals surface area contributed by atoms with Gasteiger partial charge >= 0.3 is 0 Å². The second-order valence-electron chi connectivity index (χ2n) is 4.39. The molecule has 0 spiro atoms. The summed E-state index contributed by atoms with van der Waals surface area (Å²) in [6, 6.07) is 5.63. The minimum Gasteiger partial charge on any atom is -0.309 e. The molecule has 5 heteroatoms. The molecule has 0 radical (unpaired) electrons. The molecule has 3 nitrogen and oxygen atoms in total. The molecule has 0 aliphatic rings. The van der Waals surface area contributed by atoms with Gasteiger partial charge in [0, 0.05) is 18.8 Å². The van der Waals surface area contributed by atoms with Gasteiger partial charge in [0.2, 0.25) is 0 Å². The van der Waals surface area contributed by atoms with Crippen molar-refractivity contribution in [2.24, 2.45) is 7.05 Å². The molecule has 2 aromatic rings. The number of rotatable bonds is 5. The molecule has 0 aliphatic heterocycles. The van der Waals surface area contributed by atoms with Crippen molar-refractivity contribution in [3.63, 3.8) is 0 Å². The average molecular weight is 265 g/mol. The molecular formula is C14H17F2N3. The zero-order chi connectivity index (χ0) is 13.8. The smallest absolute Gasteiger partial charge is 0.129 e. The number of nitrogens with zero attached hydrogens (tertiary/aromatic N) is 2. The van der Waals surface area contributed by atoms with E-state index in [1.165, 1.54) is 18.2 Å². The van der Waals surface area contributed by atoms with Crippen LogP contribution in [0.4, 0.5) is 8.78 Å². The molecule has 1 aromatic carbocycles. The van der Waals surface area contributed by atoms with E-state index in [1.807, 2.05) is 20.0 Å². The monoisotopic (exact) mass is 265 g/mol. The Balaban J connectivity index is 2.29. The normalized spacial score (nSPS) is 12.6. The SMILES string of the molecule is CCNC(Cc1c(F)cccc1F)c1ccnn1C. The van der Waals surface area contributed by atoms with Crippen molar-refractivity contribution >= 4 is 0 Å². The Morgan fingerprint density at radius 1 is 1.26 bits per heavy atom. The first-order chi connectivity index (χ1) is 9.13. The highest BCUT2D eigenvalue weighted by atomic mass is 19.1. The summed E-state index contributed by atoms with van der Waals surface area (Å²) in [5.74, 6) is -1.02. The summed E-state index contributed by atoms with van der Waals surface area (Å²) in [5, 5.41) is 7.33. The molecule has 0 aliphatic carbocycles. The third-order valence-corrected chi connectivity index (χ3v) is 3.14. The maximum absolute atomic E-state index is 13.7. The van der Waals surface area contributed by atoms with Crippen LogP contribution >= 0.6 is 0 Å². The lowest BCUT2D eigenvalue weighted by atomic mass is 10.0. The van der Waals surface area contributed by atoms with Crippen LogP contribution in [0.5, 0.6) is 0 Å². The molecule has 1 unspecified atom stereocenters. The summed E-state index contributed by atoms with van der Waals surface area (Å²) < 4.78 is 29.1. The lowest BCUT2D eigenvalue weighted by molar-refractivity contribution is 0.476. The van der Waals surface area contributed by atoms with Crippen molar-refractivity contribution in [2.45, 2.75) is 19.4 Å². The van der Waals surface area contributed by atoms with E-state index in [1.54, 1.807) is 10.9 Å². The maximum Gasteiger partial charge on any atom is 0.129 e. The van der Waals surface area contributed by atoms with Crippen molar-refractivity contribution in [2.75, 3.05) is 6.54 Å². The Labute approximate surface area is 111 Å². The van der Waals surface area contributed by atoms with Gasteiger partial charge in [0.1, 0.15) is 11.6 Å². The van der Waals surface area contributed by atoms with Crippen LogP contribution in [0.25, 0.3) is 0 Å². The Kier molecular flexibility index (Phi) is 4.27. The number of aromatic nitrogens is 2. The molecule has 1 heterocycles. The van der Waals surface area contributed by atoms with Gasteiger partial charge < -0.3 is 5.32 Å². The summed E-state index contributed by atoms with van der Waals surface area (Å²) in [7, 11) is 1.82. The van der Waals surface area contributed by atoms with Crippen LogP contribution in [-0.4, -0.2) is 16.3 Å². The molecular weight excluding hydrogens is 248 g/mol. The molecule has 102 valence electrons. The zero-order valence-electron chi connectivity index (χ0n) is 11.0.